The molecule has 3 rings (SSSR count). The second-order valence-electron chi connectivity index (χ2n) is 7.16. The summed E-state index contributed by atoms with van der Waals surface area (Å²) in [6, 6.07) is 3.57. The molecule has 2 fully saturated rings. The second kappa shape index (κ2) is 7.05. The smallest absolute Gasteiger partial charge is 0.243 e. The molecule has 1 heterocycles. The first-order chi connectivity index (χ1) is 11.8. The standard InChI is InChI=1S/C18H26N2O4S/c1-12-8-16(19-14(3)21)9-13(2)18(12)25(22,23)20(17-4-5-17)10-15-6-7-24-11-15/h8-9,15,17H,4-7,10-11H2,1-3H3,(H,19,21). The highest BCUT2D eigenvalue weighted by Crippen LogP contribution is 2.36. The molecule has 0 bridgehead atoms. The van der Waals surface area contributed by atoms with E-state index in [0.29, 0.717) is 41.5 Å². The van der Waals surface area contributed by atoms with Crippen molar-refractivity contribution in [3.8, 4) is 0 Å². The van der Waals surface area contributed by atoms with Crippen molar-refractivity contribution in [1.29, 1.82) is 0 Å². The van der Waals surface area contributed by atoms with Crippen LogP contribution in [-0.2, 0) is 19.6 Å². The van der Waals surface area contributed by atoms with Crippen LogP contribution < -0.4 is 5.32 Å². The Morgan fingerprint density at radius 2 is 1.88 bits per heavy atom. The molecule has 1 saturated heterocycles. The van der Waals surface area contributed by atoms with Gasteiger partial charge in [-0.15, -0.1) is 0 Å². The number of carbonyl (C=O) groups is 1. The van der Waals surface area contributed by atoms with Gasteiger partial charge < -0.3 is 10.1 Å². The van der Waals surface area contributed by atoms with Crippen LogP contribution in [0, 0.1) is 19.8 Å². The van der Waals surface area contributed by atoms with Crippen molar-refractivity contribution in [2.75, 3.05) is 25.1 Å². The molecule has 1 aromatic rings. The van der Waals surface area contributed by atoms with Crippen molar-refractivity contribution in [2.24, 2.45) is 5.92 Å². The molecule has 25 heavy (non-hydrogen) atoms. The number of anilines is 1. The summed E-state index contributed by atoms with van der Waals surface area (Å²) < 4.78 is 33.8. The monoisotopic (exact) mass is 366 g/mol. The van der Waals surface area contributed by atoms with Crippen LogP contribution in [0.1, 0.15) is 37.3 Å². The molecule has 6 nitrogen and oxygen atoms in total. The quantitative estimate of drug-likeness (QED) is 0.839. The van der Waals surface area contributed by atoms with Crippen LogP contribution in [0.5, 0.6) is 0 Å². The number of amides is 1. The molecule has 1 aromatic carbocycles. The maximum atomic E-state index is 13.4. The maximum Gasteiger partial charge on any atom is 0.243 e. The molecule has 1 unspecified atom stereocenters. The highest BCUT2D eigenvalue weighted by Gasteiger charge is 2.40. The molecule has 0 spiro atoms. The summed E-state index contributed by atoms with van der Waals surface area (Å²) in [7, 11) is -3.57. The number of nitrogens with zero attached hydrogens (tertiary/aromatic N) is 1. The van der Waals surface area contributed by atoms with Gasteiger partial charge in [-0.3, -0.25) is 4.79 Å². The Hall–Kier alpha value is -1.44. The van der Waals surface area contributed by atoms with Crippen LogP contribution in [0.2, 0.25) is 0 Å². The van der Waals surface area contributed by atoms with Gasteiger partial charge in [-0.1, -0.05) is 0 Å². The van der Waals surface area contributed by atoms with Gasteiger partial charge >= 0.3 is 0 Å². The van der Waals surface area contributed by atoms with E-state index in [9.17, 15) is 13.2 Å². The van der Waals surface area contributed by atoms with Gasteiger partial charge in [0.25, 0.3) is 0 Å². The molecule has 7 heteroatoms. The summed E-state index contributed by atoms with van der Waals surface area (Å²) in [5.41, 5.74) is 1.96. The van der Waals surface area contributed by atoms with Gasteiger partial charge in [0.05, 0.1) is 11.5 Å². The first-order valence-corrected chi connectivity index (χ1v) is 10.2. The molecule has 1 aliphatic carbocycles. The van der Waals surface area contributed by atoms with Gasteiger partial charge in [-0.25, -0.2) is 8.42 Å². The van der Waals surface area contributed by atoms with Crippen molar-refractivity contribution in [3.05, 3.63) is 23.3 Å². The molecule has 1 saturated carbocycles. The molecule has 2 aliphatic rings. The van der Waals surface area contributed by atoms with Crippen molar-refractivity contribution in [1.82, 2.24) is 4.31 Å². The third kappa shape index (κ3) is 4.04. The molecule has 1 atom stereocenters. The van der Waals surface area contributed by atoms with Crippen LogP contribution in [0.25, 0.3) is 0 Å². The largest absolute Gasteiger partial charge is 0.381 e. The zero-order valence-electron chi connectivity index (χ0n) is 15.0. The minimum absolute atomic E-state index is 0.111. The van der Waals surface area contributed by atoms with Gasteiger partial charge in [0.2, 0.25) is 15.9 Å². The van der Waals surface area contributed by atoms with Gasteiger partial charge in [-0.05, 0) is 62.3 Å². The Morgan fingerprint density at radius 3 is 2.36 bits per heavy atom. The number of ether oxygens (including phenoxy) is 1. The Bertz CT molecular complexity index is 742. The third-order valence-corrected chi connectivity index (χ3v) is 6.99. The van der Waals surface area contributed by atoms with Gasteiger partial charge in [0, 0.05) is 31.8 Å². The Balaban J connectivity index is 1.93. The number of hydrogen-bond acceptors (Lipinski definition) is 4. The summed E-state index contributed by atoms with van der Waals surface area (Å²) >= 11 is 0. The van der Waals surface area contributed by atoms with E-state index in [0.717, 1.165) is 19.3 Å². The molecule has 1 aliphatic heterocycles. The lowest BCUT2D eigenvalue weighted by Gasteiger charge is -2.26. The fourth-order valence-corrected chi connectivity index (χ4v) is 5.71. The number of aryl methyl sites for hydroxylation is 2. The van der Waals surface area contributed by atoms with E-state index in [4.69, 9.17) is 4.74 Å². The van der Waals surface area contributed by atoms with Crippen molar-refractivity contribution >= 4 is 21.6 Å². The van der Waals surface area contributed by atoms with Crippen molar-refractivity contribution < 1.29 is 17.9 Å². The van der Waals surface area contributed by atoms with Crippen LogP contribution in [0.4, 0.5) is 5.69 Å². The minimum Gasteiger partial charge on any atom is -0.381 e. The number of benzene rings is 1. The molecular formula is C18H26N2O4S. The summed E-state index contributed by atoms with van der Waals surface area (Å²) in [6.45, 7) is 6.89. The molecule has 0 radical (unpaired) electrons. The fourth-order valence-electron chi connectivity index (χ4n) is 3.54. The predicted octanol–water partition coefficient (Wildman–Crippen LogP) is 2.45. The number of sulfonamides is 1. The van der Waals surface area contributed by atoms with Crippen LogP contribution >= 0.6 is 0 Å². The highest BCUT2D eigenvalue weighted by atomic mass is 32.2. The normalized spacial score (nSPS) is 20.9. The van der Waals surface area contributed by atoms with E-state index >= 15 is 0 Å². The number of carbonyl (C=O) groups excluding carboxylic acids is 1. The van der Waals surface area contributed by atoms with Crippen LogP contribution in [0.15, 0.2) is 17.0 Å². The average molecular weight is 366 g/mol. The van der Waals surface area contributed by atoms with Gasteiger partial charge in [0.1, 0.15) is 0 Å². The number of hydrogen-bond donors (Lipinski definition) is 1. The average Bonchev–Trinajstić information content (AvgIpc) is 3.18. The van der Waals surface area contributed by atoms with Crippen molar-refractivity contribution in [3.63, 3.8) is 0 Å². The highest BCUT2D eigenvalue weighted by molar-refractivity contribution is 7.89. The third-order valence-electron chi connectivity index (χ3n) is 4.76. The Kier molecular flexibility index (Phi) is 5.18. The molecule has 1 N–H and O–H groups in total. The number of nitrogens with one attached hydrogen (secondary N) is 1. The zero-order valence-corrected chi connectivity index (χ0v) is 15.9. The first-order valence-electron chi connectivity index (χ1n) is 8.77. The summed E-state index contributed by atoms with van der Waals surface area (Å²) in [5.74, 6) is 0.102. The van der Waals surface area contributed by atoms with Crippen molar-refractivity contribution in [2.45, 2.75) is 51.0 Å². The lowest BCUT2D eigenvalue weighted by molar-refractivity contribution is -0.114. The summed E-state index contributed by atoms with van der Waals surface area (Å²) in [4.78, 5) is 11.6. The van der Waals surface area contributed by atoms with E-state index in [1.807, 2.05) is 0 Å². The molecule has 1 amide bonds. The lowest BCUT2D eigenvalue weighted by atomic mass is 10.1. The van der Waals surface area contributed by atoms with E-state index in [2.05, 4.69) is 5.32 Å². The minimum atomic E-state index is -3.57. The van der Waals surface area contributed by atoms with E-state index in [1.54, 1.807) is 30.3 Å². The van der Waals surface area contributed by atoms with Crippen LogP contribution in [-0.4, -0.2) is 44.4 Å². The SMILES string of the molecule is CC(=O)Nc1cc(C)c(S(=O)(=O)N(CC2CCOC2)C2CC2)c(C)c1. The molecular weight excluding hydrogens is 340 g/mol. The topological polar surface area (TPSA) is 75.7 Å². The van der Waals surface area contributed by atoms with Gasteiger partial charge in [-0.2, -0.15) is 4.31 Å². The number of rotatable bonds is 6. The van der Waals surface area contributed by atoms with Gasteiger partial charge in [0.15, 0.2) is 0 Å². The lowest BCUT2D eigenvalue weighted by Crippen LogP contribution is -2.38. The fraction of sp³-hybridized carbons (Fsp3) is 0.611. The van der Waals surface area contributed by atoms with E-state index in [-0.39, 0.29) is 17.9 Å². The molecule has 138 valence electrons. The summed E-state index contributed by atoms with van der Waals surface area (Å²) in [6.07, 6.45) is 2.77. The first kappa shape index (κ1) is 18.4. The van der Waals surface area contributed by atoms with E-state index < -0.39 is 10.0 Å². The predicted molar refractivity (Wildman–Crippen MR) is 96.1 cm³/mol. The Morgan fingerprint density at radius 1 is 1.24 bits per heavy atom. The zero-order chi connectivity index (χ0) is 18.2. The van der Waals surface area contributed by atoms with E-state index in [1.165, 1.54) is 6.92 Å². The maximum absolute atomic E-state index is 13.4. The summed E-state index contributed by atoms with van der Waals surface area (Å²) in [5, 5.41) is 2.72. The Labute approximate surface area is 149 Å². The molecule has 0 aromatic heterocycles. The second-order valence-corrected chi connectivity index (χ2v) is 8.98. The van der Waals surface area contributed by atoms with Crippen LogP contribution in [0.3, 0.4) is 0 Å².